The first kappa shape index (κ1) is 14.4. The van der Waals surface area contributed by atoms with E-state index < -0.39 is 0 Å². The van der Waals surface area contributed by atoms with Crippen LogP contribution in [0.5, 0.6) is 0 Å². The lowest BCUT2D eigenvalue weighted by molar-refractivity contribution is 0.125. The summed E-state index contributed by atoms with van der Waals surface area (Å²) in [6.45, 7) is 2.10. The number of methoxy groups -OCH3 is 1. The van der Waals surface area contributed by atoms with Crippen molar-refractivity contribution in [3.05, 3.63) is 77.0 Å². The molecule has 2 aromatic rings. The number of rotatable bonds is 2. The van der Waals surface area contributed by atoms with E-state index in [0.29, 0.717) is 0 Å². The van der Waals surface area contributed by atoms with Crippen LogP contribution in [0.2, 0.25) is 0 Å². The number of carbonyl (C=O) groups is 1. The van der Waals surface area contributed by atoms with E-state index in [-0.39, 0.29) is 12.1 Å². The maximum Gasteiger partial charge on any atom is 0.414 e. The van der Waals surface area contributed by atoms with Gasteiger partial charge in [0.15, 0.2) is 0 Å². The summed E-state index contributed by atoms with van der Waals surface area (Å²) in [6.07, 6.45) is 4.21. The fourth-order valence-corrected chi connectivity index (χ4v) is 2.93. The van der Waals surface area contributed by atoms with Crippen LogP contribution in [-0.2, 0) is 11.2 Å². The molecule has 22 heavy (non-hydrogen) atoms. The van der Waals surface area contributed by atoms with Gasteiger partial charge in [0.1, 0.15) is 0 Å². The first-order valence-electron chi connectivity index (χ1n) is 7.38. The smallest absolute Gasteiger partial charge is 0.414 e. The molecule has 2 aromatic carbocycles. The van der Waals surface area contributed by atoms with E-state index in [1.165, 1.54) is 18.2 Å². The maximum atomic E-state index is 12.1. The molecule has 0 bridgehead atoms. The molecule has 1 atom stereocenters. The van der Waals surface area contributed by atoms with Crippen LogP contribution >= 0.6 is 0 Å². The molecule has 1 aliphatic heterocycles. The second-order valence-electron chi connectivity index (χ2n) is 5.47. The average molecular weight is 293 g/mol. The lowest BCUT2D eigenvalue weighted by atomic mass is 9.90. The van der Waals surface area contributed by atoms with Crippen molar-refractivity contribution in [1.82, 2.24) is 4.90 Å². The van der Waals surface area contributed by atoms with Gasteiger partial charge in [-0.3, -0.25) is 4.90 Å². The van der Waals surface area contributed by atoms with E-state index in [0.717, 1.165) is 17.5 Å². The molecular formula is C19H19NO2. The first-order valence-corrected chi connectivity index (χ1v) is 7.38. The highest BCUT2D eigenvalue weighted by atomic mass is 16.5. The fraction of sp³-hybridized carbons (Fsp3) is 0.211. The molecule has 3 heteroatoms. The number of hydrogen-bond donors (Lipinski definition) is 0. The Hall–Kier alpha value is -2.55. The molecule has 0 N–H and O–H groups in total. The largest absolute Gasteiger partial charge is 0.452 e. The van der Waals surface area contributed by atoms with Gasteiger partial charge in [0.2, 0.25) is 0 Å². The minimum Gasteiger partial charge on any atom is -0.452 e. The quantitative estimate of drug-likeness (QED) is 0.824. The number of fused-ring (bicyclic) bond motifs is 1. The predicted molar refractivity (Wildman–Crippen MR) is 87.3 cm³/mol. The standard InChI is InChI=1S/C19H19NO2/c1-14-7-3-4-9-16(14)13-18-17-10-6-5-8-15(17)11-12-20(18)19(21)22-2/h3-12,18H,13H2,1-2H3. The van der Waals surface area contributed by atoms with Crippen LogP contribution in [0, 0.1) is 6.92 Å². The summed E-state index contributed by atoms with van der Waals surface area (Å²) in [5.74, 6) is 0. The molecule has 1 aliphatic rings. The predicted octanol–water partition coefficient (Wildman–Crippen LogP) is 4.33. The Labute approximate surface area is 130 Å². The van der Waals surface area contributed by atoms with E-state index in [4.69, 9.17) is 4.74 Å². The highest BCUT2D eigenvalue weighted by Gasteiger charge is 2.28. The number of nitrogens with zero attached hydrogens (tertiary/aromatic N) is 1. The van der Waals surface area contributed by atoms with E-state index >= 15 is 0 Å². The molecule has 3 nitrogen and oxygen atoms in total. The average Bonchev–Trinajstić information content (AvgIpc) is 2.56. The molecule has 3 rings (SSSR count). The van der Waals surface area contributed by atoms with Crippen LogP contribution in [0.4, 0.5) is 4.79 Å². The van der Waals surface area contributed by atoms with Crippen molar-refractivity contribution in [3.63, 3.8) is 0 Å². The summed E-state index contributed by atoms with van der Waals surface area (Å²) in [5, 5.41) is 0. The van der Waals surface area contributed by atoms with Crippen LogP contribution in [0.15, 0.2) is 54.7 Å². The molecule has 0 aliphatic carbocycles. The molecule has 0 fully saturated rings. The molecule has 1 amide bonds. The summed E-state index contributed by atoms with van der Waals surface area (Å²) in [4.78, 5) is 13.8. The van der Waals surface area contributed by atoms with Crippen molar-refractivity contribution in [2.75, 3.05) is 7.11 Å². The molecule has 0 spiro atoms. The minimum atomic E-state index is -0.329. The van der Waals surface area contributed by atoms with Gasteiger partial charge in [0, 0.05) is 6.20 Å². The van der Waals surface area contributed by atoms with Gasteiger partial charge >= 0.3 is 6.09 Å². The number of hydrogen-bond acceptors (Lipinski definition) is 2. The van der Waals surface area contributed by atoms with Crippen molar-refractivity contribution in [1.29, 1.82) is 0 Å². The Balaban J connectivity index is 2.01. The Bertz CT molecular complexity index is 721. The van der Waals surface area contributed by atoms with Crippen molar-refractivity contribution in [2.45, 2.75) is 19.4 Å². The molecule has 0 saturated heterocycles. The first-order chi connectivity index (χ1) is 10.7. The number of carbonyl (C=O) groups excluding carboxylic acids is 1. The van der Waals surface area contributed by atoms with Crippen LogP contribution in [0.1, 0.15) is 28.3 Å². The van der Waals surface area contributed by atoms with E-state index in [1.807, 2.05) is 36.5 Å². The Morgan fingerprint density at radius 2 is 1.86 bits per heavy atom. The molecule has 112 valence electrons. The zero-order chi connectivity index (χ0) is 15.5. The van der Waals surface area contributed by atoms with Crippen LogP contribution < -0.4 is 0 Å². The van der Waals surface area contributed by atoms with Crippen LogP contribution in [0.3, 0.4) is 0 Å². The van der Waals surface area contributed by atoms with Gasteiger partial charge in [-0.15, -0.1) is 0 Å². The van der Waals surface area contributed by atoms with Crippen molar-refractivity contribution >= 4 is 12.2 Å². The summed E-state index contributed by atoms with van der Waals surface area (Å²) in [6, 6.07) is 16.4. The highest BCUT2D eigenvalue weighted by molar-refractivity contribution is 5.73. The lowest BCUT2D eigenvalue weighted by Crippen LogP contribution is -2.33. The third-order valence-corrected chi connectivity index (χ3v) is 4.17. The van der Waals surface area contributed by atoms with Gasteiger partial charge in [-0.05, 0) is 41.7 Å². The molecule has 0 radical (unpaired) electrons. The number of benzene rings is 2. The maximum absolute atomic E-state index is 12.1. The zero-order valence-corrected chi connectivity index (χ0v) is 12.8. The van der Waals surface area contributed by atoms with E-state index in [1.54, 1.807) is 4.90 Å². The fourth-order valence-electron chi connectivity index (χ4n) is 2.93. The van der Waals surface area contributed by atoms with Gasteiger partial charge in [-0.25, -0.2) is 4.79 Å². The normalized spacial score (nSPS) is 16.3. The van der Waals surface area contributed by atoms with Crippen molar-refractivity contribution < 1.29 is 9.53 Å². The number of amides is 1. The second kappa shape index (κ2) is 6.06. The lowest BCUT2D eigenvalue weighted by Gasteiger charge is -2.32. The summed E-state index contributed by atoms with van der Waals surface area (Å²) in [7, 11) is 1.42. The van der Waals surface area contributed by atoms with Gasteiger partial charge in [0.25, 0.3) is 0 Å². The Morgan fingerprint density at radius 1 is 1.14 bits per heavy atom. The second-order valence-corrected chi connectivity index (χ2v) is 5.47. The van der Waals surface area contributed by atoms with E-state index in [9.17, 15) is 4.79 Å². The third kappa shape index (κ3) is 2.62. The molecular weight excluding hydrogens is 274 g/mol. The van der Waals surface area contributed by atoms with Gasteiger partial charge in [-0.2, -0.15) is 0 Å². The SMILES string of the molecule is COC(=O)N1C=Cc2ccccc2C1Cc1ccccc1C. The van der Waals surface area contributed by atoms with Crippen LogP contribution in [0.25, 0.3) is 6.08 Å². The summed E-state index contributed by atoms with van der Waals surface area (Å²) >= 11 is 0. The molecule has 0 aromatic heterocycles. The highest BCUT2D eigenvalue weighted by Crippen LogP contribution is 2.33. The summed E-state index contributed by atoms with van der Waals surface area (Å²) in [5.41, 5.74) is 4.78. The van der Waals surface area contributed by atoms with Crippen molar-refractivity contribution in [2.24, 2.45) is 0 Å². The Morgan fingerprint density at radius 3 is 2.64 bits per heavy atom. The zero-order valence-electron chi connectivity index (χ0n) is 12.8. The van der Waals surface area contributed by atoms with Gasteiger partial charge in [-0.1, -0.05) is 48.5 Å². The molecule has 0 saturated carbocycles. The van der Waals surface area contributed by atoms with Gasteiger partial charge < -0.3 is 4.74 Å². The Kier molecular flexibility index (Phi) is 3.96. The van der Waals surface area contributed by atoms with Gasteiger partial charge in [0.05, 0.1) is 13.2 Å². The monoisotopic (exact) mass is 293 g/mol. The molecule has 1 unspecified atom stereocenters. The summed E-state index contributed by atoms with van der Waals surface area (Å²) < 4.78 is 4.94. The minimum absolute atomic E-state index is 0.0465. The number of aryl methyl sites for hydroxylation is 1. The van der Waals surface area contributed by atoms with Crippen molar-refractivity contribution in [3.8, 4) is 0 Å². The number of ether oxygens (including phenoxy) is 1. The van der Waals surface area contributed by atoms with E-state index in [2.05, 4.69) is 31.2 Å². The van der Waals surface area contributed by atoms with Crippen LogP contribution in [-0.4, -0.2) is 18.1 Å². The third-order valence-electron chi connectivity index (χ3n) is 4.17. The topological polar surface area (TPSA) is 29.5 Å². The molecule has 1 heterocycles.